The molecule has 5 heteroatoms. The Morgan fingerprint density at radius 2 is 2.26 bits per heavy atom. The van der Waals surface area contributed by atoms with Crippen LogP contribution in [0.1, 0.15) is 36.2 Å². The maximum Gasteiger partial charge on any atom is 0.272 e. The molecule has 2 aliphatic heterocycles. The smallest absolute Gasteiger partial charge is 0.272 e. The van der Waals surface area contributed by atoms with Gasteiger partial charge in [0.15, 0.2) is 0 Å². The third-order valence-electron chi connectivity index (χ3n) is 3.90. The van der Waals surface area contributed by atoms with E-state index in [0.29, 0.717) is 5.69 Å². The summed E-state index contributed by atoms with van der Waals surface area (Å²) < 4.78 is 6.64. The van der Waals surface area contributed by atoms with Crippen LogP contribution in [0.25, 0.3) is 0 Å². The lowest BCUT2D eigenvalue weighted by atomic mass is 10.1. The zero-order chi connectivity index (χ0) is 13.2. The van der Waals surface area contributed by atoms with Gasteiger partial charge < -0.3 is 9.64 Å². The quantitative estimate of drug-likeness (QED) is 0.839. The molecule has 1 aromatic heterocycles. The van der Waals surface area contributed by atoms with Crippen molar-refractivity contribution in [2.45, 2.75) is 37.8 Å². The molecule has 2 fully saturated rings. The molecule has 4 nitrogen and oxygen atoms in total. The number of halogens is 1. The molecule has 3 rings (SSSR count). The zero-order valence-electron chi connectivity index (χ0n) is 10.7. The topological polar surface area (TPSA) is 42.4 Å². The van der Waals surface area contributed by atoms with Gasteiger partial charge in [0.05, 0.1) is 12.1 Å². The summed E-state index contributed by atoms with van der Waals surface area (Å²) in [7, 11) is 0. The van der Waals surface area contributed by atoms with E-state index in [1.165, 1.54) is 0 Å². The summed E-state index contributed by atoms with van der Waals surface area (Å²) in [5, 5.41) is 0. The second-order valence-electron chi connectivity index (χ2n) is 5.12. The first-order chi connectivity index (χ1) is 9.25. The number of aromatic nitrogens is 1. The van der Waals surface area contributed by atoms with Crippen LogP contribution in [0.5, 0.6) is 0 Å². The molecule has 2 aliphatic rings. The van der Waals surface area contributed by atoms with E-state index in [1.54, 1.807) is 12.3 Å². The van der Waals surface area contributed by atoms with Crippen molar-refractivity contribution >= 4 is 21.8 Å². The van der Waals surface area contributed by atoms with Gasteiger partial charge in [-0.15, -0.1) is 0 Å². The predicted octanol–water partition coefficient (Wildman–Crippen LogP) is 2.63. The Labute approximate surface area is 121 Å². The van der Waals surface area contributed by atoms with Crippen molar-refractivity contribution in [3.63, 3.8) is 0 Å². The van der Waals surface area contributed by atoms with Gasteiger partial charge in [0, 0.05) is 23.8 Å². The van der Waals surface area contributed by atoms with Crippen molar-refractivity contribution in [2.24, 2.45) is 0 Å². The number of rotatable bonds is 2. The summed E-state index contributed by atoms with van der Waals surface area (Å²) in [6.07, 6.45) is 6.19. The molecule has 0 spiro atoms. The minimum absolute atomic E-state index is 0.0329. The molecule has 0 unspecified atom stereocenters. The summed E-state index contributed by atoms with van der Waals surface area (Å²) >= 11 is 3.34. The molecule has 0 N–H and O–H groups in total. The van der Waals surface area contributed by atoms with Gasteiger partial charge in [0.1, 0.15) is 5.69 Å². The van der Waals surface area contributed by atoms with E-state index in [1.807, 2.05) is 11.0 Å². The van der Waals surface area contributed by atoms with Crippen molar-refractivity contribution in [1.29, 1.82) is 0 Å². The number of hydrogen-bond acceptors (Lipinski definition) is 3. The average Bonchev–Trinajstić information content (AvgIpc) is 3.09. The molecule has 2 atom stereocenters. The van der Waals surface area contributed by atoms with E-state index in [-0.39, 0.29) is 18.1 Å². The van der Waals surface area contributed by atoms with Gasteiger partial charge in [0.25, 0.3) is 5.91 Å². The predicted molar refractivity (Wildman–Crippen MR) is 75.0 cm³/mol. The largest absolute Gasteiger partial charge is 0.376 e. The van der Waals surface area contributed by atoms with E-state index >= 15 is 0 Å². The van der Waals surface area contributed by atoms with Crippen LogP contribution in [-0.2, 0) is 4.74 Å². The van der Waals surface area contributed by atoms with Gasteiger partial charge in [-0.3, -0.25) is 4.79 Å². The molecular formula is C14H17BrN2O2. The van der Waals surface area contributed by atoms with Crippen LogP contribution in [0.15, 0.2) is 22.8 Å². The molecular weight excluding hydrogens is 308 g/mol. The SMILES string of the molecule is O=C(c1ccc(Br)cn1)N1CCC[C@H]1[C@H]1CCCO1. The van der Waals surface area contributed by atoms with Crippen LogP contribution in [0.2, 0.25) is 0 Å². The van der Waals surface area contributed by atoms with Gasteiger partial charge >= 0.3 is 0 Å². The monoisotopic (exact) mass is 324 g/mol. The van der Waals surface area contributed by atoms with E-state index in [2.05, 4.69) is 20.9 Å². The number of carbonyl (C=O) groups excluding carboxylic acids is 1. The molecule has 1 amide bonds. The normalized spacial score (nSPS) is 26.9. The number of ether oxygens (including phenoxy) is 1. The van der Waals surface area contributed by atoms with Crippen molar-refractivity contribution in [2.75, 3.05) is 13.2 Å². The van der Waals surface area contributed by atoms with Gasteiger partial charge in [-0.2, -0.15) is 0 Å². The van der Waals surface area contributed by atoms with Gasteiger partial charge in [0.2, 0.25) is 0 Å². The second kappa shape index (κ2) is 5.59. The van der Waals surface area contributed by atoms with Crippen molar-refractivity contribution in [3.05, 3.63) is 28.5 Å². The van der Waals surface area contributed by atoms with Gasteiger partial charge in [-0.25, -0.2) is 4.98 Å². The molecule has 19 heavy (non-hydrogen) atoms. The minimum Gasteiger partial charge on any atom is -0.376 e. The number of pyridine rings is 1. The summed E-state index contributed by atoms with van der Waals surface area (Å²) in [5.41, 5.74) is 0.521. The van der Waals surface area contributed by atoms with Gasteiger partial charge in [-0.05, 0) is 53.7 Å². The maximum absolute atomic E-state index is 12.5. The molecule has 102 valence electrons. The Kier molecular flexibility index (Phi) is 3.84. The number of nitrogens with zero attached hydrogens (tertiary/aromatic N) is 2. The average molecular weight is 325 g/mol. The van der Waals surface area contributed by atoms with Crippen molar-refractivity contribution in [3.8, 4) is 0 Å². The zero-order valence-corrected chi connectivity index (χ0v) is 12.3. The van der Waals surface area contributed by atoms with Crippen LogP contribution in [0, 0.1) is 0 Å². The highest BCUT2D eigenvalue weighted by Gasteiger charge is 2.37. The summed E-state index contributed by atoms with van der Waals surface area (Å²) in [6, 6.07) is 3.87. The summed E-state index contributed by atoms with van der Waals surface area (Å²) in [6.45, 7) is 1.65. The number of hydrogen-bond donors (Lipinski definition) is 0. The van der Waals surface area contributed by atoms with Crippen molar-refractivity contribution in [1.82, 2.24) is 9.88 Å². The van der Waals surface area contributed by atoms with E-state index in [4.69, 9.17) is 4.74 Å². The van der Waals surface area contributed by atoms with Gasteiger partial charge in [-0.1, -0.05) is 0 Å². The van der Waals surface area contributed by atoms with E-state index in [0.717, 1.165) is 43.3 Å². The molecule has 2 saturated heterocycles. The lowest BCUT2D eigenvalue weighted by Gasteiger charge is -2.28. The third kappa shape index (κ3) is 2.67. The highest BCUT2D eigenvalue weighted by molar-refractivity contribution is 9.10. The number of likely N-dealkylation sites (tertiary alicyclic amines) is 1. The fourth-order valence-electron chi connectivity index (χ4n) is 2.99. The fourth-order valence-corrected chi connectivity index (χ4v) is 3.22. The molecule has 0 saturated carbocycles. The Hall–Kier alpha value is -0.940. The molecule has 0 radical (unpaired) electrons. The molecule has 0 aromatic carbocycles. The van der Waals surface area contributed by atoms with Crippen LogP contribution >= 0.6 is 15.9 Å². The second-order valence-corrected chi connectivity index (χ2v) is 6.04. The first-order valence-corrected chi connectivity index (χ1v) is 7.59. The first-order valence-electron chi connectivity index (χ1n) is 6.80. The molecule has 3 heterocycles. The number of amides is 1. The lowest BCUT2D eigenvalue weighted by molar-refractivity contribution is 0.0337. The van der Waals surface area contributed by atoms with Crippen LogP contribution in [-0.4, -0.2) is 41.1 Å². The molecule has 0 aliphatic carbocycles. The maximum atomic E-state index is 12.5. The first kappa shape index (κ1) is 13.1. The van der Waals surface area contributed by atoms with Crippen molar-refractivity contribution < 1.29 is 9.53 Å². The third-order valence-corrected chi connectivity index (χ3v) is 4.37. The van der Waals surface area contributed by atoms with Crippen LogP contribution in [0.4, 0.5) is 0 Å². The highest BCUT2D eigenvalue weighted by atomic mass is 79.9. The number of carbonyl (C=O) groups is 1. The summed E-state index contributed by atoms with van der Waals surface area (Å²) in [5.74, 6) is 0.0329. The standard InChI is InChI=1S/C14H17BrN2O2/c15-10-5-6-11(16-9-10)14(18)17-7-1-3-12(17)13-4-2-8-19-13/h5-6,9,12-13H,1-4,7-8H2/t12-,13+/m0/s1. The van der Waals surface area contributed by atoms with E-state index in [9.17, 15) is 4.79 Å². The Morgan fingerprint density at radius 3 is 2.95 bits per heavy atom. The minimum atomic E-state index is 0.0329. The highest BCUT2D eigenvalue weighted by Crippen LogP contribution is 2.28. The summed E-state index contributed by atoms with van der Waals surface area (Å²) in [4.78, 5) is 18.7. The van der Waals surface area contributed by atoms with E-state index < -0.39 is 0 Å². The van der Waals surface area contributed by atoms with Crippen LogP contribution < -0.4 is 0 Å². The lowest BCUT2D eigenvalue weighted by Crippen LogP contribution is -2.42. The Morgan fingerprint density at radius 1 is 1.37 bits per heavy atom. The Balaban J connectivity index is 1.76. The Bertz CT molecular complexity index is 457. The molecule has 0 bridgehead atoms. The fraction of sp³-hybridized carbons (Fsp3) is 0.571. The molecule has 1 aromatic rings. The van der Waals surface area contributed by atoms with Crippen LogP contribution in [0.3, 0.4) is 0 Å².